The van der Waals surface area contributed by atoms with Gasteiger partial charge >= 0.3 is 6.09 Å². The topological polar surface area (TPSA) is 29.5 Å². The maximum atomic E-state index is 13.2. The molecule has 0 aliphatic carbocycles. The highest BCUT2D eigenvalue weighted by molar-refractivity contribution is 5.68. The monoisotopic (exact) mass is 279 g/mol. The van der Waals surface area contributed by atoms with Crippen molar-refractivity contribution in [1.82, 2.24) is 4.90 Å². The van der Waals surface area contributed by atoms with E-state index in [4.69, 9.17) is 4.74 Å². The number of halogens is 1. The Morgan fingerprint density at radius 2 is 2.35 bits per heavy atom. The predicted molar refractivity (Wildman–Crippen MR) is 76.1 cm³/mol. The van der Waals surface area contributed by atoms with Gasteiger partial charge in [-0.1, -0.05) is 25.5 Å². The van der Waals surface area contributed by atoms with E-state index in [1.165, 1.54) is 6.07 Å². The number of likely N-dealkylation sites (tertiary alicyclic amines) is 1. The zero-order chi connectivity index (χ0) is 14.4. The number of amides is 1. The molecule has 0 radical (unpaired) electrons. The Hall–Kier alpha value is -1.58. The van der Waals surface area contributed by atoms with E-state index in [2.05, 4.69) is 6.92 Å². The largest absolute Gasteiger partial charge is 0.449 e. The second-order valence-electron chi connectivity index (χ2n) is 5.29. The van der Waals surface area contributed by atoms with Crippen molar-refractivity contribution in [3.05, 3.63) is 35.6 Å². The quantitative estimate of drug-likeness (QED) is 0.768. The summed E-state index contributed by atoms with van der Waals surface area (Å²) >= 11 is 0. The van der Waals surface area contributed by atoms with Gasteiger partial charge in [-0.05, 0) is 43.4 Å². The van der Waals surface area contributed by atoms with Gasteiger partial charge in [-0.15, -0.1) is 0 Å². The molecule has 1 saturated heterocycles. The molecule has 1 aromatic rings. The molecule has 20 heavy (non-hydrogen) atoms. The van der Waals surface area contributed by atoms with Crippen LogP contribution in [0, 0.1) is 5.82 Å². The molecule has 0 saturated carbocycles. The van der Waals surface area contributed by atoms with Crippen LogP contribution in [0.25, 0.3) is 0 Å². The van der Waals surface area contributed by atoms with Crippen molar-refractivity contribution in [2.75, 3.05) is 13.2 Å². The molecule has 0 aromatic heterocycles. The average molecular weight is 279 g/mol. The van der Waals surface area contributed by atoms with E-state index < -0.39 is 0 Å². The van der Waals surface area contributed by atoms with Crippen molar-refractivity contribution < 1.29 is 13.9 Å². The van der Waals surface area contributed by atoms with Gasteiger partial charge in [0.2, 0.25) is 0 Å². The van der Waals surface area contributed by atoms with E-state index in [-0.39, 0.29) is 18.0 Å². The van der Waals surface area contributed by atoms with Crippen LogP contribution in [0.15, 0.2) is 24.3 Å². The van der Waals surface area contributed by atoms with E-state index >= 15 is 0 Å². The molecule has 1 fully saturated rings. The summed E-state index contributed by atoms with van der Waals surface area (Å²) in [5.41, 5.74) is 0.934. The summed E-state index contributed by atoms with van der Waals surface area (Å²) in [6, 6.07) is 6.73. The number of rotatable bonds is 5. The summed E-state index contributed by atoms with van der Waals surface area (Å²) in [6.07, 6.45) is 4.33. The Labute approximate surface area is 119 Å². The number of hydrogen-bond acceptors (Lipinski definition) is 2. The van der Waals surface area contributed by atoms with Crippen molar-refractivity contribution in [2.45, 2.75) is 45.1 Å². The lowest BCUT2D eigenvalue weighted by molar-refractivity contribution is 0.0969. The maximum Gasteiger partial charge on any atom is 0.410 e. The maximum absolute atomic E-state index is 13.2. The highest BCUT2D eigenvalue weighted by Crippen LogP contribution is 2.22. The molecule has 1 atom stereocenters. The number of hydrogen-bond donors (Lipinski definition) is 0. The first-order valence-electron chi connectivity index (χ1n) is 7.38. The van der Waals surface area contributed by atoms with Gasteiger partial charge in [0, 0.05) is 12.6 Å². The van der Waals surface area contributed by atoms with E-state index in [1.54, 1.807) is 17.0 Å². The van der Waals surface area contributed by atoms with Gasteiger partial charge in [-0.25, -0.2) is 9.18 Å². The minimum atomic E-state index is -0.225. The van der Waals surface area contributed by atoms with Crippen LogP contribution in [0.2, 0.25) is 0 Å². The fourth-order valence-electron chi connectivity index (χ4n) is 2.61. The van der Waals surface area contributed by atoms with E-state index in [0.717, 1.165) is 37.8 Å². The molecule has 0 bridgehead atoms. The summed E-state index contributed by atoms with van der Waals surface area (Å²) in [5.74, 6) is -0.224. The molecule has 2 rings (SSSR count). The molecular formula is C16H22FNO2. The molecule has 0 spiro atoms. The van der Waals surface area contributed by atoms with Crippen LogP contribution in [0.3, 0.4) is 0 Å². The van der Waals surface area contributed by atoms with Crippen LogP contribution in [-0.4, -0.2) is 30.2 Å². The van der Waals surface area contributed by atoms with Crippen molar-refractivity contribution in [3.8, 4) is 0 Å². The van der Waals surface area contributed by atoms with E-state index in [9.17, 15) is 9.18 Å². The highest BCUT2D eigenvalue weighted by Gasteiger charge is 2.29. The van der Waals surface area contributed by atoms with Crippen LogP contribution < -0.4 is 0 Å². The Kier molecular flexibility index (Phi) is 5.39. The average Bonchev–Trinajstić information content (AvgIpc) is 2.87. The van der Waals surface area contributed by atoms with Crippen molar-refractivity contribution in [3.63, 3.8) is 0 Å². The second kappa shape index (κ2) is 7.27. The molecule has 3 nitrogen and oxygen atoms in total. The van der Waals surface area contributed by atoms with E-state index in [1.807, 2.05) is 6.07 Å². The van der Waals surface area contributed by atoms with Crippen LogP contribution in [-0.2, 0) is 11.2 Å². The molecular weight excluding hydrogens is 257 g/mol. The smallest absolute Gasteiger partial charge is 0.410 e. The number of carbonyl (C=O) groups excluding carboxylic acids is 1. The zero-order valence-corrected chi connectivity index (χ0v) is 12.0. The molecule has 1 aliphatic heterocycles. The molecule has 1 heterocycles. The Bertz CT molecular complexity index is 450. The lowest BCUT2D eigenvalue weighted by atomic mass is 10.0. The van der Waals surface area contributed by atoms with Gasteiger partial charge in [0.05, 0.1) is 6.61 Å². The number of ether oxygens (including phenoxy) is 1. The van der Waals surface area contributed by atoms with E-state index in [0.29, 0.717) is 13.0 Å². The summed E-state index contributed by atoms with van der Waals surface area (Å²) in [5, 5.41) is 0. The van der Waals surface area contributed by atoms with Crippen LogP contribution in [0.5, 0.6) is 0 Å². The van der Waals surface area contributed by atoms with Crippen LogP contribution in [0.4, 0.5) is 9.18 Å². The first-order chi connectivity index (χ1) is 9.70. The molecule has 4 heteroatoms. The summed E-state index contributed by atoms with van der Waals surface area (Å²) in [7, 11) is 0. The van der Waals surface area contributed by atoms with Gasteiger partial charge in [-0.2, -0.15) is 0 Å². The van der Waals surface area contributed by atoms with Gasteiger partial charge in [0.15, 0.2) is 0 Å². The zero-order valence-electron chi connectivity index (χ0n) is 12.0. The van der Waals surface area contributed by atoms with Gasteiger partial charge in [0.25, 0.3) is 0 Å². The first kappa shape index (κ1) is 14.8. The molecule has 110 valence electrons. The standard InChI is InChI=1S/C16H22FNO2/c1-2-3-10-20-16(19)18-9-5-8-15(18)12-13-6-4-7-14(17)11-13/h4,6-7,11,15H,2-3,5,8-10,12H2,1H3/t15-/m1/s1. The third-order valence-corrected chi connectivity index (χ3v) is 3.70. The van der Waals surface area contributed by atoms with Crippen molar-refractivity contribution in [2.24, 2.45) is 0 Å². The van der Waals surface area contributed by atoms with Crippen LogP contribution >= 0.6 is 0 Å². The summed E-state index contributed by atoms with van der Waals surface area (Å²) in [6.45, 7) is 3.29. The van der Waals surface area contributed by atoms with Gasteiger partial charge in [-0.3, -0.25) is 0 Å². The summed E-state index contributed by atoms with van der Waals surface area (Å²) < 4.78 is 18.5. The summed E-state index contributed by atoms with van der Waals surface area (Å²) in [4.78, 5) is 13.8. The van der Waals surface area contributed by atoms with Gasteiger partial charge in [0.1, 0.15) is 5.82 Å². The fraction of sp³-hybridized carbons (Fsp3) is 0.562. The number of carbonyl (C=O) groups is 1. The minimum absolute atomic E-state index is 0.130. The molecule has 0 unspecified atom stereocenters. The molecule has 1 aromatic carbocycles. The second-order valence-corrected chi connectivity index (χ2v) is 5.29. The normalized spacial score (nSPS) is 18.3. The van der Waals surface area contributed by atoms with Crippen molar-refractivity contribution >= 4 is 6.09 Å². The predicted octanol–water partition coefficient (Wildman–Crippen LogP) is 3.77. The Morgan fingerprint density at radius 3 is 3.10 bits per heavy atom. The Morgan fingerprint density at radius 1 is 1.50 bits per heavy atom. The number of nitrogens with zero attached hydrogens (tertiary/aromatic N) is 1. The number of unbranched alkanes of at least 4 members (excludes halogenated alkanes) is 1. The lowest BCUT2D eigenvalue weighted by Gasteiger charge is -2.24. The molecule has 0 N–H and O–H groups in total. The molecule has 1 aliphatic rings. The SMILES string of the molecule is CCCCOC(=O)N1CCC[C@@H]1Cc1cccc(F)c1. The third kappa shape index (κ3) is 3.95. The third-order valence-electron chi connectivity index (χ3n) is 3.70. The van der Waals surface area contributed by atoms with Crippen LogP contribution in [0.1, 0.15) is 38.2 Å². The highest BCUT2D eigenvalue weighted by atomic mass is 19.1. The van der Waals surface area contributed by atoms with Gasteiger partial charge < -0.3 is 9.64 Å². The van der Waals surface area contributed by atoms with Crippen molar-refractivity contribution in [1.29, 1.82) is 0 Å². The Balaban J connectivity index is 1.91. The lowest BCUT2D eigenvalue weighted by Crippen LogP contribution is -2.37. The first-order valence-corrected chi connectivity index (χ1v) is 7.38. The molecule has 1 amide bonds. The number of benzene rings is 1. The minimum Gasteiger partial charge on any atom is -0.449 e. The fourth-order valence-corrected chi connectivity index (χ4v) is 2.61.